The van der Waals surface area contributed by atoms with Crippen LogP contribution in [0.1, 0.15) is 52.1 Å². The molecule has 1 aliphatic rings. The highest BCUT2D eigenvalue weighted by Gasteiger charge is 2.26. The Hall–Kier alpha value is -1.70. The third kappa shape index (κ3) is 1.84. The van der Waals surface area contributed by atoms with Gasteiger partial charge < -0.3 is 0 Å². The van der Waals surface area contributed by atoms with E-state index in [1.807, 2.05) is 19.1 Å². The van der Waals surface area contributed by atoms with Crippen molar-refractivity contribution in [1.82, 2.24) is 0 Å². The molecule has 0 unspecified atom stereocenters. The maximum Gasteiger partial charge on any atom is 0.188 e. The summed E-state index contributed by atoms with van der Waals surface area (Å²) in [5.41, 5.74) is 3.94. The molecule has 0 aromatic heterocycles. The summed E-state index contributed by atoms with van der Waals surface area (Å²) in [7, 11) is 0. The van der Waals surface area contributed by atoms with Crippen molar-refractivity contribution in [3.05, 3.63) is 46.5 Å². The van der Waals surface area contributed by atoms with Crippen LogP contribution in [-0.2, 0) is 12.8 Å². The zero-order valence-electron chi connectivity index (χ0n) is 10.3. The molecule has 0 aliphatic heterocycles. The molecule has 88 valence electrons. The summed E-state index contributed by atoms with van der Waals surface area (Å²) in [5, 5.41) is 0. The number of hydrogen-bond acceptors (Lipinski definition) is 2. The van der Waals surface area contributed by atoms with Gasteiger partial charge in [-0.05, 0) is 36.5 Å². The Balaban J connectivity index is 2.67. The van der Waals surface area contributed by atoms with Gasteiger partial charge in [-0.1, -0.05) is 25.6 Å². The topological polar surface area (TPSA) is 34.1 Å². The smallest absolute Gasteiger partial charge is 0.188 e. The number of ketones is 2. The van der Waals surface area contributed by atoms with E-state index in [4.69, 9.17) is 0 Å². The Morgan fingerprint density at radius 2 is 2.06 bits per heavy atom. The zero-order valence-corrected chi connectivity index (χ0v) is 10.3. The summed E-state index contributed by atoms with van der Waals surface area (Å²) in [4.78, 5) is 23.9. The highest BCUT2D eigenvalue weighted by Crippen LogP contribution is 2.29. The average Bonchev–Trinajstić information content (AvgIpc) is 2.69. The summed E-state index contributed by atoms with van der Waals surface area (Å²) in [5.74, 6) is 0.131. The van der Waals surface area contributed by atoms with Gasteiger partial charge in [-0.2, -0.15) is 0 Å². The van der Waals surface area contributed by atoms with Gasteiger partial charge in [0.05, 0.1) is 0 Å². The van der Waals surface area contributed by atoms with Gasteiger partial charge in [-0.15, -0.1) is 0 Å². The van der Waals surface area contributed by atoms with E-state index in [0.29, 0.717) is 18.4 Å². The standard InChI is InChI=1S/C15H16O2/c1-4-10-5-6-11-12(7-8-13(11)16)14(10)15(17)9(2)3/h5-6H,2,4,7-8H2,1,3H3. The van der Waals surface area contributed by atoms with Gasteiger partial charge in [0.2, 0.25) is 0 Å². The lowest BCUT2D eigenvalue weighted by Gasteiger charge is -2.12. The Morgan fingerprint density at radius 1 is 1.35 bits per heavy atom. The highest BCUT2D eigenvalue weighted by molar-refractivity contribution is 6.13. The fraction of sp³-hybridized carbons (Fsp3) is 0.333. The molecule has 0 saturated heterocycles. The van der Waals surface area contributed by atoms with Crippen LogP contribution in [0.5, 0.6) is 0 Å². The van der Waals surface area contributed by atoms with Crippen molar-refractivity contribution in [2.24, 2.45) is 0 Å². The van der Waals surface area contributed by atoms with Crippen molar-refractivity contribution in [2.45, 2.75) is 33.1 Å². The van der Waals surface area contributed by atoms with Crippen molar-refractivity contribution >= 4 is 11.6 Å². The van der Waals surface area contributed by atoms with Gasteiger partial charge in [-0.3, -0.25) is 9.59 Å². The number of benzene rings is 1. The van der Waals surface area contributed by atoms with Crippen LogP contribution in [0, 0.1) is 0 Å². The maximum atomic E-state index is 12.2. The second kappa shape index (κ2) is 4.28. The maximum absolute atomic E-state index is 12.2. The number of rotatable bonds is 3. The van der Waals surface area contributed by atoms with Crippen LogP contribution in [-0.4, -0.2) is 11.6 Å². The summed E-state index contributed by atoms with van der Waals surface area (Å²) in [6.07, 6.45) is 2.02. The fourth-order valence-electron chi connectivity index (χ4n) is 2.38. The molecule has 2 rings (SSSR count). The summed E-state index contributed by atoms with van der Waals surface area (Å²) < 4.78 is 0. The second-order valence-electron chi connectivity index (χ2n) is 4.51. The first-order chi connectivity index (χ1) is 8.06. The van der Waals surface area contributed by atoms with Crippen LogP contribution in [0.3, 0.4) is 0 Å². The van der Waals surface area contributed by atoms with Crippen molar-refractivity contribution in [2.75, 3.05) is 0 Å². The Labute approximate surface area is 101 Å². The molecule has 0 saturated carbocycles. The van der Waals surface area contributed by atoms with Gasteiger partial charge in [0.15, 0.2) is 11.6 Å². The van der Waals surface area contributed by atoms with E-state index >= 15 is 0 Å². The van der Waals surface area contributed by atoms with Crippen LogP contribution < -0.4 is 0 Å². The molecule has 0 heterocycles. The first-order valence-electron chi connectivity index (χ1n) is 5.94. The van der Waals surface area contributed by atoms with Gasteiger partial charge >= 0.3 is 0 Å². The minimum atomic E-state index is -0.0200. The van der Waals surface area contributed by atoms with Crippen molar-refractivity contribution in [3.8, 4) is 0 Å². The number of carbonyl (C=O) groups excluding carboxylic acids is 2. The number of allylic oxidation sites excluding steroid dienone is 1. The van der Waals surface area contributed by atoms with Crippen molar-refractivity contribution in [1.29, 1.82) is 0 Å². The molecular formula is C15H16O2. The lowest BCUT2D eigenvalue weighted by Crippen LogP contribution is -2.09. The number of hydrogen-bond donors (Lipinski definition) is 0. The summed E-state index contributed by atoms with van der Waals surface area (Å²) in [6, 6.07) is 3.76. The minimum absolute atomic E-state index is 0.0200. The predicted octanol–water partition coefficient (Wildman–Crippen LogP) is 3.14. The Kier molecular flexibility index (Phi) is 2.97. The van der Waals surface area contributed by atoms with Crippen LogP contribution in [0.2, 0.25) is 0 Å². The molecule has 0 spiro atoms. The molecule has 1 aliphatic carbocycles. The van der Waals surface area contributed by atoms with Crippen LogP contribution in [0.4, 0.5) is 0 Å². The third-order valence-electron chi connectivity index (χ3n) is 3.30. The van der Waals surface area contributed by atoms with E-state index in [-0.39, 0.29) is 11.6 Å². The largest absolute Gasteiger partial charge is 0.294 e. The molecule has 2 heteroatoms. The monoisotopic (exact) mass is 228 g/mol. The van der Waals surface area contributed by atoms with Crippen LogP contribution in [0.15, 0.2) is 24.3 Å². The Bertz CT molecular complexity index is 524. The van der Waals surface area contributed by atoms with Crippen molar-refractivity contribution in [3.63, 3.8) is 0 Å². The van der Waals surface area contributed by atoms with Gasteiger partial charge in [0.1, 0.15) is 0 Å². The van der Waals surface area contributed by atoms with E-state index in [1.54, 1.807) is 6.92 Å². The van der Waals surface area contributed by atoms with E-state index < -0.39 is 0 Å². The van der Waals surface area contributed by atoms with Crippen molar-refractivity contribution < 1.29 is 9.59 Å². The van der Waals surface area contributed by atoms with E-state index in [1.165, 1.54) is 0 Å². The molecule has 1 aromatic rings. The molecule has 0 amide bonds. The molecule has 0 fully saturated rings. The first-order valence-corrected chi connectivity index (χ1v) is 5.94. The van der Waals surface area contributed by atoms with Gasteiger partial charge in [0, 0.05) is 17.5 Å². The molecule has 0 radical (unpaired) electrons. The zero-order chi connectivity index (χ0) is 12.6. The first kappa shape index (κ1) is 11.8. The molecule has 2 nitrogen and oxygen atoms in total. The fourth-order valence-corrected chi connectivity index (χ4v) is 2.38. The molecule has 17 heavy (non-hydrogen) atoms. The van der Waals surface area contributed by atoms with Gasteiger partial charge in [0.25, 0.3) is 0 Å². The number of Topliss-reactive ketones (excluding diaryl/α,β-unsaturated/α-hetero) is 2. The number of carbonyl (C=O) groups is 2. The van der Waals surface area contributed by atoms with E-state index in [2.05, 4.69) is 6.58 Å². The molecule has 0 N–H and O–H groups in total. The number of fused-ring (bicyclic) bond motifs is 1. The average molecular weight is 228 g/mol. The van der Waals surface area contributed by atoms with E-state index in [9.17, 15) is 9.59 Å². The third-order valence-corrected chi connectivity index (χ3v) is 3.30. The molecular weight excluding hydrogens is 212 g/mol. The number of aryl methyl sites for hydroxylation is 1. The quantitative estimate of drug-likeness (QED) is 0.588. The van der Waals surface area contributed by atoms with Crippen LogP contribution >= 0.6 is 0 Å². The molecule has 1 aromatic carbocycles. The molecule has 0 bridgehead atoms. The minimum Gasteiger partial charge on any atom is -0.294 e. The summed E-state index contributed by atoms with van der Waals surface area (Å²) in [6.45, 7) is 7.46. The van der Waals surface area contributed by atoms with Gasteiger partial charge in [-0.25, -0.2) is 0 Å². The second-order valence-corrected chi connectivity index (χ2v) is 4.51. The Morgan fingerprint density at radius 3 is 2.65 bits per heavy atom. The van der Waals surface area contributed by atoms with E-state index in [0.717, 1.165) is 28.7 Å². The molecule has 0 atom stereocenters. The predicted molar refractivity (Wildman–Crippen MR) is 67.6 cm³/mol. The highest BCUT2D eigenvalue weighted by atomic mass is 16.1. The van der Waals surface area contributed by atoms with Crippen LogP contribution in [0.25, 0.3) is 0 Å². The lowest BCUT2D eigenvalue weighted by molar-refractivity contribution is 0.0993. The lowest BCUT2D eigenvalue weighted by atomic mass is 9.91. The normalized spacial score (nSPS) is 13.6. The summed E-state index contributed by atoms with van der Waals surface area (Å²) >= 11 is 0. The SMILES string of the molecule is C=C(C)C(=O)c1c(CC)ccc2c1CCC2=O.